The molecule has 8 nitrogen and oxygen atoms in total. The number of aromatic hydroxyl groups is 1. The van der Waals surface area contributed by atoms with E-state index in [1.807, 2.05) is 32.9 Å². The highest BCUT2D eigenvalue weighted by Gasteiger charge is 2.40. The Hall–Kier alpha value is -3.30. The third-order valence-electron chi connectivity index (χ3n) is 6.89. The molecule has 1 amide bonds. The molecule has 0 radical (unpaired) electrons. The zero-order chi connectivity index (χ0) is 28.5. The lowest BCUT2D eigenvalue weighted by Gasteiger charge is -2.41. The van der Waals surface area contributed by atoms with Crippen LogP contribution in [-0.2, 0) is 15.7 Å². The summed E-state index contributed by atoms with van der Waals surface area (Å²) in [4.78, 5) is 29.9. The summed E-state index contributed by atoms with van der Waals surface area (Å²) >= 11 is 0. The Bertz CT molecular complexity index is 1340. The van der Waals surface area contributed by atoms with Crippen LogP contribution in [0.25, 0.3) is 10.9 Å². The summed E-state index contributed by atoms with van der Waals surface area (Å²) in [6.45, 7) is 16.8. The Balaban J connectivity index is 2.13. The van der Waals surface area contributed by atoms with Crippen LogP contribution in [0.2, 0.25) is 18.1 Å². The minimum atomic E-state index is -2.34. The highest BCUT2D eigenvalue weighted by atomic mass is 28.4. The van der Waals surface area contributed by atoms with Gasteiger partial charge in [0.15, 0.2) is 8.32 Å². The fourth-order valence-corrected chi connectivity index (χ4v) is 5.11. The highest BCUT2D eigenvalue weighted by Crippen LogP contribution is 2.41. The van der Waals surface area contributed by atoms with E-state index in [0.29, 0.717) is 23.1 Å². The van der Waals surface area contributed by atoms with Crippen molar-refractivity contribution in [2.75, 3.05) is 12.3 Å². The number of carbonyl (C=O) groups is 1. The second-order valence-corrected chi connectivity index (χ2v) is 17.0. The Kier molecular flexibility index (Phi) is 8.33. The number of carbonyl (C=O) groups excluding carboxylic acids is 1. The molecule has 4 N–H and O–H groups in total. The number of aromatic nitrogens is 1. The first kappa shape index (κ1) is 29.3. The van der Waals surface area contributed by atoms with Gasteiger partial charge in [-0.05, 0) is 74.3 Å². The minimum absolute atomic E-state index is 0.0293. The quantitative estimate of drug-likeness (QED) is 0.239. The number of ether oxygens (including phenoxy) is 1. The number of phenols is 1. The second-order valence-electron chi connectivity index (χ2n) is 12.3. The van der Waals surface area contributed by atoms with E-state index in [0.717, 1.165) is 11.1 Å². The summed E-state index contributed by atoms with van der Waals surface area (Å²) in [6, 6.07) is 13.8. The molecule has 0 spiro atoms. The molecule has 3 rings (SSSR count). The molecule has 0 aliphatic heterocycles. The number of hydrogen-bond donors (Lipinski definition) is 3. The Morgan fingerprint density at radius 1 is 1.03 bits per heavy atom. The van der Waals surface area contributed by atoms with Crippen LogP contribution in [0.15, 0.2) is 53.3 Å². The zero-order valence-electron chi connectivity index (χ0n) is 23.7. The Labute approximate surface area is 225 Å². The lowest BCUT2D eigenvalue weighted by Crippen LogP contribution is -2.45. The van der Waals surface area contributed by atoms with Gasteiger partial charge in [0.25, 0.3) is 0 Å². The van der Waals surface area contributed by atoms with Crippen molar-refractivity contribution in [2.45, 2.75) is 77.9 Å². The Morgan fingerprint density at radius 3 is 2.24 bits per heavy atom. The normalized spacial score (nSPS) is 13.4. The van der Waals surface area contributed by atoms with Gasteiger partial charge in [-0.15, -0.1) is 0 Å². The number of fused-ring (bicyclic) bond motifs is 1. The van der Waals surface area contributed by atoms with Gasteiger partial charge in [-0.3, -0.25) is 4.79 Å². The molecule has 0 bridgehead atoms. The number of nitrogens with zero attached hydrogens (tertiary/aromatic N) is 1. The van der Waals surface area contributed by atoms with Crippen LogP contribution >= 0.6 is 0 Å². The van der Waals surface area contributed by atoms with Crippen molar-refractivity contribution in [1.82, 2.24) is 9.88 Å². The number of H-pyrrole nitrogens is 1. The predicted octanol–water partition coefficient (Wildman–Crippen LogP) is 6.32. The maximum Gasteiger partial charge on any atom is 0.410 e. The highest BCUT2D eigenvalue weighted by molar-refractivity contribution is 6.74. The van der Waals surface area contributed by atoms with E-state index in [-0.39, 0.29) is 22.9 Å². The van der Waals surface area contributed by atoms with Crippen molar-refractivity contribution in [3.05, 3.63) is 70.0 Å². The van der Waals surface area contributed by atoms with Gasteiger partial charge < -0.3 is 29.9 Å². The molecule has 0 fully saturated rings. The topological polar surface area (TPSA) is 118 Å². The fourth-order valence-electron chi connectivity index (χ4n) is 3.84. The average molecular weight is 540 g/mol. The number of nitrogens with two attached hydrogens (primary N) is 1. The first-order valence-corrected chi connectivity index (χ1v) is 15.7. The summed E-state index contributed by atoms with van der Waals surface area (Å²) in [5.41, 5.74) is 7.52. The number of anilines is 1. The van der Waals surface area contributed by atoms with Gasteiger partial charge >= 0.3 is 6.09 Å². The van der Waals surface area contributed by atoms with E-state index < -0.39 is 26.1 Å². The lowest BCUT2D eigenvalue weighted by molar-refractivity contribution is 0.0137. The van der Waals surface area contributed by atoms with Crippen LogP contribution in [0, 0.1) is 0 Å². The van der Waals surface area contributed by atoms with Crippen molar-refractivity contribution in [3.8, 4) is 5.75 Å². The minimum Gasteiger partial charge on any atom is -0.506 e. The van der Waals surface area contributed by atoms with Crippen molar-refractivity contribution >= 4 is 31.0 Å². The standard InChI is InChI=1S/C29H41N3O5Si/c1-28(2,3)36-27(35)32(17-19-9-11-20(30)12-10-19)18-24(37-38(7,8)29(4,5)6)21-13-15-23(33)26-22(21)14-16-25(34)31-26/h9-16,24,33H,17-18,30H2,1-8H3,(H,31,34)/t24-/m0/s1. The van der Waals surface area contributed by atoms with E-state index in [1.54, 1.807) is 35.2 Å². The first-order valence-electron chi connectivity index (χ1n) is 12.8. The molecule has 0 aliphatic carbocycles. The van der Waals surface area contributed by atoms with Crippen LogP contribution in [0.3, 0.4) is 0 Å². The van der Waals surface area contributed by atoms with Gasteiger partial charge in [-0.25, -0.2) is 4.79 Å². The maximum absolute atomic E-state index is 13.5. The molecule has 0 unspecified atom stereocenters. The van der Waals surface area contributed by atoms with Gasteiger partial charge in [0.1, 0.15) is 11.4 Å². The number of amides is 1. The largest absolute Gasteiger partial charge is 0.506 e. The van der Waals surface area contributed by atoms with Crippen LogP contribution in [0.5, 0.6) is 5.75 Å². The number of rotatable bonds is 7. The molecule has 0 saturated heterocycles. The van der Waals surface area contributed by atoms with Gasteiger partial charge in [-0.2, -0.15) is 0 Å². The van der Waals surface area contributed by atoms with Gasteiger partial charge in [0.2, 0.25) is 5.56 Å². The van der Waals surface area contributed by atoms with E-state index in [2.05, 4.69) is 38.8 Å². The zero-order valence-corrected chi connectivity index (χ0v) is 24.7. The van der Waals surface area contributed by atoms with Crippen LogP contribution in [0.4, 0.5) is 10.5 Å². The number of nitrogens with one attached hydrogen (secondary N) is 1. The molecule has 3 aromatic rings. The third kappa shape index (κ3) is 7.17. The number of pyridine rings is 1. The summed E-state index contributed by atoms with van der Waals surface area (Å²) in [7, 11) is -2.34. The van der Waals surface area contributed by atoms with Gasteiger partial charge in [0, 0.05) is 23.7 Å². The number of nitrogen functional groups attached to an aromatic ring is 1. The first-order chi connectivity index (χ1) is 17.5. The van der Waals surface area contributed by atoms with Crippen LogP contribution in [-0.4, -0.2) is 41.5 Å². The van der Waals surface area contributed by atoms with Crippen molar-refractivity contribution in [1.29, 1.82) is 0 Å². The average Bonchev–Trinajstić information content (AvgIpc) is 2.78. The summed E-state index contributed by atoms with van der Waals surface area (Å²) in [6.07, 6.45) is -1.01. The van der Waals surface area contributed by atoms with Gasteiger partial charge in [0.05, 0.1) is 18.2 Å². The second kappa shape index (κ2) is 10.8. The Morgan fingerprint density at radius 2 is 1.66 bits per heavy atom. The predicted molar refractivity (Wildman–Crippen MR) is 155 cm³/mol. The smallest absolute Gasteiger partial charge is 0.410 e. The number of hydrogen-bond acceptors (Lipinski definition) is 6. The molecule has 1 heterocycles. The molecule has 38 heavy (non-hydrogen) atoms. The molecule has 1 aromatic heterocycles. The van der Waals surface area contributed by atoms with E-state index in [9.17, 15) is 14.7 Å². The molecular weight excluding hydrogens is 498 g/mol. The molecule has 1 atom stereocenters. The monoisotopic (exact) mass is 539 g/mol. The third-order valence-corrected chi connectivity index (χ3v) is 11.4. The van der Waals surface area contributed by atoms with Crippen LogP contribution in [0.1, 0.15) is 58.8 Å². The summed E-state index contributed by atoms with van der Waals surface area (Å²) in [5, 5.41) is 11.0. The molecular formula is C29H41N3O5Si. The van der Waals surface area contributed by atoms with Gasteiger partial charge in [-0.1, -0.05) is 39.0 Å². The van der Waals surface area contributed by atoms with E-state index >= 15 is 0 Å². The molecule has 206 valence electrons. The summed E-state index contributed by atoms with van der Waals surface area (Å²) < 4.78 is 12.7. The van der Waals surface area contributed by atoms with Crippen molar-refractivity contribution in [3.63, 3.8) is 0 Å². The van der Waals surface area contributed by atoms with Crippen molar-refractivity contribution < 1.29 is 19.1 Å². The van der Waals surface area contributed by atoms with E-state index in [4.69, 9.17) is 14.9 Å². The molecule has 9 heteroatoms. The number of aromatic amines is 1. The number of phenolic OH excluding ortho intramolecular Hbond substituents is 1. The van der Waals surface area contributed by atoms with E-state index in [1.165, 1.54) is 6.07 Å². The molecule has 0 saturated carbocycles. The lowest BCUT2D eigenvalue weighted by atomic mass is 10.0. The molecule has 2 aromatic carbocycles. The fraction of sp³-hybridized carbons (Fsp3) is 0.448. The maximum atomic E-state index is 13.5. The SMILES string of the molecule is CC(C)(C)OC(=O)N(Cc1ccc(N)cc1)C[C@H](O[Si](C)(C)C(C)(C)C)c1ccc(O)c2[nH]c(=O)ccc12. The summed E-state index contributed by atoms with van der Waals surface area (Å²) in [5.74, 6) is -0.0293. The van der Waals surface area contributed by atoms with Crippen LogP contribution < -0.4 is 11.3 Å². The molecule has 0 aliphatic rings. The number of benzene rings is 2. The van der Waals surface area contributed by atoms with Crippen molar-refractivity contribution in [2.24, 2.45) is 0 Å².